The lowest BCUT2D eigenvalue weighted by Gasteiger charge is -2.20. The summed E-state index contributed by atoms with van der Waals surface area (Å²) in [6.45, 7) is 1.91. The lowest BCUT2D eigenvalue weighted by atomic mass is 10.2. The van der Waals surface area contributed by atoms with E-state index in [-0.39, 0.29) is 18.3 Å². The zero-order valence-electron chi connectivity index (χ0n) is 8.40. The van der Waals surface area contributed by atoms with Crippen molar-refractivity contribution >= 4 is 23.2 Å². The van der Waals surface area contributed by atoms with Crippen LogP contribution >= 0.6 is 11.6 Å². The van der Waals surface area contributed by atoms with E-state index < -0.39 is 0 Å². The second-order valence-electron chi connectivity index (χ2n) is 3.06. The van der Waals surface area contributed by atoms with Crippen molar-refractivity contribution in [3.05, 3.63) is 29.8 Å². The first-order valence-electron chi connectivity index (χ1n) is 4.49. The van der Waals surface area contributed by atoms with Crippen LogP contribution in [0.25, 0.3) is 0 Å². The molecule has 0 saturated carbocycles. The molecule has 0 heterocycles. The van der Waals surface area contributed by atoms with Crippen molar-refractivity contribution in [2.75, 3.05) is 17.3 Å². The molecule has 1 rings (SSSR count). The number of para-hydroxylation sites is 1. The summed E-state index contributed by atoms with van der Waals surface area (Å²) in [6, 6.07) is 9.36. The van der Waals surface area contributed by atoms with Gasteiger partial charge in [-0.1, -0.05) is 18.2 Å². The fraction of sp³-hybridized carbons (Fsp3) is 0.273. The highest BCUT2D eigenvalue weighted by Gasteiger charge is 2.15. The van der Waals surface area contributed by atoms with Crippen LogP contribution in [0.3, 0.4) is 0 Å². The first kappa shape index (κ1) is 11.5. The number of hydrogen-bond donors (Lipinski definition) is 0. The summed E-state index contributed by atoms with van der Waals surface area (Å²) in [5.41, 5.74) is 1.69. The van der Waals surface area contributed by atoms with E-state index in [1.165, 1.54) is 4.90 Å². The Morgan fingerprint density at radius 1 is 1.53 bits per heavy atom. The molecule has 0 atom stereocenters. The minimum Gasteiger partial charge on any atom is -0.297 e. The maximum Gasteiger partial charge on any atom is 0.242 e. The van der Waals surface area contributed by atoms with Crippen LogP contribution in [0, 0.1) is 18.3 Å². The summed E-state index contributed by atoms with van der Waals surface area (Å²) >= 11 is 5.48. The van der Waals surface area contributed by atoms with Gasteiger partial charge in [-0.15, -0.1) is 11.6 Å². The Balaban J connectivity index is 3.05. The number of nitrogens with zero attached hydrogens (tertiary/aromatic N) is 2. The van der Waals surface area contributed by atoms with Crippen molar-refractivity contribution in [1.29, 1.82) is 5.26 Å². The maximum absolute atomic E-state index is 11.5. The number of carbonyl (C=O) groups excluding carboxylic acids is 1. The molecule has 0 aliphatic rings. The monoisotopic (exact) mass is 222 g/mol. The molecule has 0 saturated heterocycles. The Hall–Kier alpha value is -1.53. The van der Waals surface area contributed by atoms with Crippen molar-refractivity contribution in [2.45, 2.75) is 6.92 Å². The number of hydrogen-bond acceptors (Lipinski definition) is 2. The van der Waals surface area contributed by atoms with Crippen molar-refractivity contribution in [2.24, 2.45) is 0 Å². The predicted molar refractivity (Wildman–Crippen MR) is 59.9 cm³/mol. The summed E-state index contributed by atoms with van der Waals surface area (Å²) < 4.78 is 0. The van der Waals surface area contributed by atoms with E-state index in [1.807, 2.05) is 31.2 Å². The minimum absolute atomic E-state index is 0.0242. The largest absolute Gasteiger partial charge is 0.297 e. The maximum atomic E-state index is 11.5. The molecule has 4 heteroatoms. The van der Waals surface area contributed by atoms with Crippen molar-refractivity contribution < 1.29 is 4.79 Å². The normalized spacial score (nSPS) is 9.40. The molecule has 0 aliphatic carbocycles. The van der Waals surface area contributed by atoms with Gasteiger partial charge in [0, 0.05) is 5.69 Å². The van der Waals surface area contributed by atoms with E-state index in [1.54, 1.807) is 6.07 Å². The van der Waals surface area contributed by atoms with Gasteiger partial charge in [0.25, 0.3) is 0 Å². The topological polar surface area (TPSA) is 44.1 Å². The van der Waals surface area contributed by atoms with Gasteiger partial charge in [-0.2, -0.15) is 5.26 Å². The Kier molecular flexibility index (Phi) is 4.14. The first-order chi connectivity index (χ1) is 7.20. The molecule has 0 aliphatic heterocycles. The number of benzene rings is 1. The second-order valence-corrected chi connectivity index (χ2v) is 3.33. The fourth-order valence-corrected chi connectivity index (χ4v) is 1.46. The number of rotatable bonds is 3. The molecule has 0 spiro atoms. The lowest BCUT2D eigenvalue weighted by molar-refractivity contribution is -0.116. The van der Waals surface area contributed by atoms with Crippen LogP contribution in [0.15, 0.2) is 24.3 Å². The highest BCUT2D eigenvalue weighted by Crippen LogP contribution is 2.19. The Morgan fingerprint density at radius 3 is 2.73 bits per heavy atom. The van der Waals surface area contributed by atoms with Crippen LogP contribution < -0.4 is 4.90 Å². The number of halogens is 1. The number of carbonyl (C=O) groups is 1. The van der Waals surface area contributed by atoms with E-state index >= 15 is 0 Å². The van der Waals surface area contributed by atoms with Gasteiger partial charge in [0.05, 0.1) is 6.07 Å². The molecule has 78 valence electrons. The zero-order chi connectivity index (χ0) is 11.3. The second kappa shape index (κ2) is 5.38. The third-order valence-electron chi connectivity index (χ3n) is 2.05. The fourth-order valence-electron chi connectivity index (χ4n) is 1.32. The van der Waals surface area contributed by atoms with Gasteiger partial charge in [-0.05, 0) is 18.6 Å². The SMILES string of the molecule is Cc1ccccc1N(CC#N)C(=O)CCl. The number of amides is 1. The molecule has 0 fully saturated rings. The average Bonchev–Trinajstić information content (AvgIpc) is 2.26. The predicted octanol–water partition coefficient (Wildman–Crippen LogP) is 2.09. The van der Waals surface area contributed by atoms with Gasteiger partial charge in [0.2, 0.25) is 5.91 Å². The number of aryl methyl sites for hydroxylation is 1. The van der Waals surface area contributed by atoms with Crippen LogP contribution in [-0.2, 0) is 4.79 Å². The number of alkyl halides is 1. The molecule has 0 radical (unpaired) electrons. The number of anilines is 1. The highest BCUT2D eigenvalue weighted by molar-refractivity contribution is 6.29. The molecule has 0 bridgehead atoms. The third kappa shape index (κ3) is 2.71. The van der Waals surface area contributed by atoms with Crippen LogP contribution in [0.2, 0.25) is 0 Å². The van der Waals surface area contributed by atoms with Gasteiger partial charge >= 0.3 is 0 Å². The highest BCUT2D eigenvalue weighted by atomic mass is 35.5. The van der Waals surface area contributed by atoms with Gasteiger partial charge in [-0.3, -0.25) is 9.69 Å². The lowest BCUT2D eigenvalue weighted by Crippen LogP contribution is -2.32. The van der Waals surface area contributed by atoms with Gasteiger partial charge in [0.1, 0.15) is 12.4 Å². The molecule has 1 aromatic rings. The molecule has 1 amide bonds. The number of nitriles is 1. The minimum atomic E-state index is -0.257. The quantitative estimate of drug-likeness (QED) is 0.581. The third-order valence-corrected chi connectivity index (χ3v) is 2.28. The Labute approximate surface area is 93.9 Å². The molecule has 0 N–H and O–H groups in total. The smallest absolute Gasteiger partial charge is 0.242 e. The average molecular weight is 223 g/mol. The van der Waals surface area contributed by atoms with E-state index in [0.29, 0.717) is 0 Å². The van der Waals surface area contributed by atoms with Gasteiger partial charge < -0.3 is 0 Å². The van der Waals surface area contributed by atoms with Crippen LogP contribution in [0.4, 0.5) is 5.69 Å². The van der Waals surface area contributed by atoms with E-state index in [4.69, 9.17) is 16.9 Å². The molecule has 1 aromatic carbocycles. The first-order valence-corrected chi connectivity index (χ1v) is 5.03. The summed E-state index contributed by atoms with van der Waals surface area (Å²) in [6.07, 6.45) is 0. The molecular formula is C11H11ClN2O. The van der Waals surface area contributed by atoms with Crippen molar-refractivity contribution in [3.63, 3.8) is 0 Å². The van der Waals surface area contributed by atoms with E-state index in [9.17, 15) is 4.79 Å². The molecule has 0 aromatic heterocycles. The van der Waals surface area contributed by atoms with Crippen molar-refractivity contribution in [3.8, 4) is 6.07 Å². The molecule has 15 heavy (non-hydrogen) atoms. The van der Waals surface area contributed by atoms with Crippen LogP contribution in [0.1, 0.15) is 5.56 Å². The van der Waals surface area contributed by atoms with E-state index in [2.05, 4.69) is 0 Å². The summed E-state index contributed by atoms with van der Waals surface area (Å²) in [7, 11) is 0. The zero-order valence-corrected chi connectivity index (χ0v) is 9.16. The standard InChI is InChI=1S/C11H11ClN2O/c1-9-4-2-3-5-10(9)14(7-6-13)11(15)8-12/h2-5H,7-8H2,1H3. The van der Waals surface area contributed by atoms with Crippen molar-refractivity contribution in [1.82, 2.24) is 0 Å². The van der Waals surface area contributed by atoms with Crippen LogP contribution in [0.5, 0.6) is 0 Å². The van der Waals surface area contributed by atoms with Gasteiger partial charge in [-0.25, -0.2) is 0 Å². The Morgan fingerprint density at radius 2 is 2.20 bits per heavy atom. The summed E-state index contributed by atoms with van der Waals surface area (Å²) in [5, 5.41) is 8.65. The molecule has 3 nitrogen and oxygen atoms in total. The van der Waals surface area contributed by atoms with Crippen LogP contribution in [-0.4, -0.2) is 18.3 Å². The summed E-state index contributed by atoms with van der Waals surface area (Å²) in [5.74, 6) is -0.372. The molecule has 0 unspecified atom stereocenters. The molecular weight excluding hydrogens is 212 g/mol. The van der Waals surface area contributed by atoms with E-state index in [0.717, 1.165) is 11.3 Å². The Bertz CT molecular complexity index is 398. The van der Waals surface area contributed by atoms with Gasteiger partial charge in [0.15, 0.2) is 0 Å². The summed E-state index contributed by atoms with van der Waals surface area (Å²) in [4.78, 5) is 12.9.